The Balaban J connectivity index is 1.99. The van der Waals surface area contributed by atoms with Crippen molar-refractivity contribution >= 4 is 17.3 Å². The van der Waals surface area contributed by atoms with Crippen LogP contribution in [0.25, 0.3) is 5.69 Å². The lowest BCUT2D eigenvalue weighted by atomic mass is 10.3. The summed E-state index contributed by atoms with van der Waals surface area (Å²) in [6.07, 6.45) is 1.54. The van der Waals surface area contributed by atoms with Crippen molar-refractivity contribution in [3.63, 3.8) is 0 Å². The third-order valence-corrected chi connectivity index (χ3v) is 3.53. The molecule has 0 fully saturated rings. The summed E-state index contributed by atoms with van der Waals surface area (Å²) in [6, 6.07) is 9.23. The zero-order valence-corrected chi connectivity index (χ0v) is 11.9. The number of hydrogen-bond acceptors (Lipinski definition) is 5. The van der Waals surface area contributed by atoms with Crippen LogP contribution in [-0.4, -0.2) is 25.8 Å². The average Bonchev–Trinajstić information content (AvgIpc) is 3.07. The van der Waals surface area contributed by atoms with Crippen LogP contribution in [0.5, 0.6) is 10.9 Å². The van der Waals surface area contributed by atoms with E-state index >= 15 is 0 Å². The van der Waals surface area contributed by atoms with Crippen molar-refractivity contribution < 1.29 is 14.6 Å². The molecule has 0 amide bonds. The quantitative estimate of drug-likeness (QED) is 0.801. The second-order valence-corrected chi connectivity index (χ2v) is 5.10. The van der Waals surface area contributed by atoms with E-state index in [0.717, 1.165) is 11.4 Å². The normalized spacial score (nSPS) is 10.5. The molecule has 0 spiro atoms. The van der Waals surface area contributed by atoms with Crippen molar-refractivity contribution in [1.82, 2.24) is 14.8 Å². The number of aromatic carboxylic acids is 1. The van der Waals surface area contributed by atoms with Crippen LogP contribution in [0, 0.1) is 6.92 Å². The number of hydrogen-bond donors (Lipinski definition) is 1. The Labute approximate surface area is 124 Å². The molecule has 106 valence electrons. The predicted molar refractivity (Wildman–Crippen MR) is 77.4 cm³/mol. The molecule has 3 rings (SSSR count). The van der Waals surface area contributed by atoms with Crippen LogP contribution in [-0.2, 0) is 0 Å². The summed E-state index contributed by atoms with van der Waals surface area (Å²) in [5.41, 5.74) is 1.43. The molecule has 7 heteroatoms. The number of carbonyl (C=O) groups is 1. The lowest BCUT2D eigenvalue weighted by molar-refractivity contribution is 0.0687. The van der Waals surface area contributed by atoms with Gasteiger partial charge >= 0.3 is 5.97 Å². The molecule has 0 aliphatic heterocycles. The maximum absolute atomic E-state index is 11.3. The smallest absolute Gasteiger partial charge is 0.360 e. The predicted octanol–water partition coefficient (Wildman–Crippen LogP) is 3.13. The molecule has 3 aromatic rings. The third kappa shape index (κ3) is 2.77. The maximum atomic E-state index is 11.3. The molecular weight excluding hydrogens is 290 g/mol. The number of benzene rings is 1. The van der Waals surface area contributed by atoms with Crippen LogP contribution in [0.3, 0.4) is 0 Å². The van der Waals surface area contributed by atoms with E-state index < -0.39 is 5.97 Å². The van der Waals surface area contributed by atoms with E-state index in [1.807, 2.05) is 42.6 Å². The van der Waals surface area contributed by atoms with E-state index in [1.165, 1.54) is 22.2 Å². The van der Waals surface area contributed by atoms with Crippen LogP contribution in [0.2, 0.25) is 0 Å². The summed E-state index contributed by atoms with van der Waals surface area (Å²) in [5, 5.41) is 15.5. The van der Waals surface area contributed by atoms with Gasteiger partial charge in [-0.2, -0.15) is 5.10 Å². The van der Waals surface area contributed by atoms with Gasteiger partial charge in [0.2, 0.25) is 5.69 Å². The second-order valence-electron chi connectivity index (χ2n) is 4.28. The second kappa shape index (κ2) is 5.37. The first-order chi connectivity index (χ1) is 10.1. The molecule has 0 atom stereocenters. The van der Waals surface area contributed by atoms with Gasteiger partial charge in [0.05, 0.1) is 17.6 Å². The van der Waals surface area contributed by atoms with Gasteiger partial charge in [-0.25, -0.2) is 14.5 Å². The van der Waals surface area contributed by atoms with Gasteiger partial charge in [-0.15, -0.1) is 0 Å². The van der Waals surface area contributed by atoms with Crippen molar-refractivity contribution in [3.8, 4) is 16.6 Å². The summed E-state index contributed by atoms with van der Waals surface area (Å²) >= 11 is 1.31. The highest BCUT2D eigenvalue weighted by Crippen LogP contribution is 2.28. The monoisotopic (exact) mass is 301 g/mol. The average molecular weight is 301 g/mol. The standard InChI is InChI=1S/C14H11N3O3S/c1-9-8-21-14(15-9)20-11-7-17(16-12(11)13(18)19)10-5-3-2-4-6-10/h2-8H,1H3,(H,18,19). The minimum atomic E-state index is -1.15. The van der Waals surface area contributed by atoms with Gasteiger partial charge in [0, 0.05) is 5.38 Å². The van der Waals surface area contributed by atoms with Crippen molar-refractivity contribution in [2.45, 2.75) is 6.92 Å². The molecule has 21 heavy (non-hydrogen) atoms. The lowest BCUT2D eigenvalue weighted by Crippen LogP contribution is -2.01. The van der Waals surface area contributed by atoms with Crippen molar-refractivity contribution in [1.29, 1.82) is 0 Å². The van der Waals surface area contributed by atoms with E-state index in [-0.39, 0.29) is 11.4 Å². The van der Waals surface area contributed by atoms with E-state index in [1.54, 1.807) is 0 Å². The van der Waals surface area contributed by atoms with Gasteiger partial charge in [-0.3, -0.25) is 0 Å². The zero-order chi connectivity index (χ0) is 14.8. The summed E-state index contributed by atoms with van der Waals surface area (Å²) in [5.74, 6) is -0.978. The fourth-order valence-electron chi connectivity index (χ4n) is 1.77. The van der Waals surface area contributed by atoms with E-state index in [9.17, 15) is 9.90 Å². The highest BCUT2D eigenvalue weighted by Gasteiger charge is 2.19. The van der Waals surface area contributed by atoms with E-state index in [0.29, 0.717) is 5.19 Å². The molecular formula is C14H11N3O3S. The molecule has 0 saturated carbocycles. The molecule has 0 radical (unpaired) electrons. The number of para-hydroxylation sites is 1. The molecule has 0 saturated heterocycles. The summed E-state index contributed by atoms with van der Waals surface area (Å²) < 4.78 is 7.01. The van der Waals surface area contributed by atoms with E-state index in [4.69, 9.17) is 4.74 Å². The Morgan fingerprint density at radius 2 is 2.10 bits per heavy atom. The van der Waals surface area contributed by atoms with Crippen LogP contribution < -0.4 is 4.74 Å². The Kier molecular flexibility index (Phi) is 3.41. The lowest BCUT2D eigenvalue weighted by Gasteiger charge is -1.99. The van der Waals surface area contributed by atoms with Gasteiger partial charge in [0.1, 0.15) is 0 Å². The first kappa shape index (κ1) is 13.3. The zero-order valence-electron chi connectivity index (χ0n) is 11.1. The molecule has 0 aliphatic rings. The number of nitrogens with zero attached hydrogens (tertiary/aromatic N) is 3. The number of carboxylic acid groups (broad SMARTS) is 1. The molecule has 0 aliphatic carbocycles. The van der Waals surface area contributed by atoms with Crippen molar-refractivity contribution in [2.24, 2.45) is 0 Å². The van der Waals surface area contributed by atoms with Crippen LogP contribution in [0.1, 0.15) is 16.2 Å². The summed E-state index contributed by atoms with van der Waals surface area (Å²) in [6.45, 7) is 1.84. The van der Waals surface area contributed by atoms with Gasteiger partial charge in [-0.05, 0) is 19.1 Å². The number of carboxylic acids is 1. The Hall–Kier alpha value is -2.67. The van der Waals surface area contributed by atoms with Gasteiger partial charge < -0.3 is 9.84 Å². The minimum absolute atomic E-state index is 0.147. The molecule has 0 bridgehead atoms. The van der Waals surface area contributed by atoms with Crippen LogP contribution >= 0.6 is 11.3 Å². The SMILES string of the molecule is Cc1csc(Oc2cn(-c3ccccc3)nc2C(=O)O)n1. The first-order valence-electron chi connectivity index (χ1n) is 6.12. The highest BCUT2D eigenvalue weighted by atomic mass is 32.1. The molecule has 6 nitrogen and oxygen atoms in total. The number of aryl methyl sites for hydroxylation is 1. The van der Waals surface area contributed by atoms with Crippen LogP contribution in [0.4, 0.5) is 0 Å². The minimum Gasteiger partial charge on any atom is -0.476 e. The highest BCUT2D eigenvalue weighted by molar-refractivity contribution is 7.11. The number of aromatic nitrogens is 3. The first-order valence-corrected chi connectivity index (χ1v) is 7.00. The van der Waals surface area contributed by atoms with Crippen molar-refractivity contribution in [3.05, 3.63) is 53.3 Å². The van der Waals surface area contributed by atoms with Crippen LogP contribution in [0.15, 0.2) is 41.9 Å². The Morgan fingerprint density at radius 3 is 2.71 bits per heavy atom. The number of thiazole rings is 1. The maximum Gasteiger partial charge on any atom is 0.360 e. The summed E-state index contributed by atoms with van der Waals surface area (Å²) in [7, 11) is 0. The number of rotatable bonds is 4. The third-order valence-electron chi connectivity index (χ3n) is 2.70. The van der Waals surface area contributed by atoms with Gasteiger partial charge in [0.25, 0.3) is 5.19 Å². The molecule has 2 aromatic heterocycles. The molecule has 1 aromatic carbocycles. The largest absolute Gasteiger partial charge is 0.476 e. The Morgan fingerprint density at radius 1 is 1.33 bits per heavy atom. The molecule has 1 N–H and O–H groups in total. The molecule has 0 unspecified atom stereocenters. The van der Waals surface area contributed by atoms with Gasteiger partial charge in [0.15, 0.2) is 5.75 Å². The fraction of sp³-hybridized carbons (Fsp3) is 0.0714. The van der Waals surface area contributed by atoms with E-state index in [2.05, 4.69) is 10.1 Å². The number of ether oxygens (including phenoxy) is 1. The Bertz CT molecular complexity index is 780. The topological polar surface area (TPSA) is 77.2 Å². The summed E-state index contributed by atoms with van der Waals surface area (Å²) in [4.78, 5) is 15.4. The fourth-order valence-corrected chi connectivity index (χ4v) is 2.43. The van der Waals surface area contributed by atoms with Crippen molar-refractivity contribution in [2.75, 3.05) is 0 Å². The van der Waals surface area contributed by atoms with Gasteiger partial charge in [-0.1, -0.05) is 29.5 Å². The molecule has 2 heterocycles.